The van der Waals surface area contributed by atoms with E-state index < -0.39 is 11.9 Å². The number of amides is 2. The SMILES string of the molecule is Cc1cccc(N2C[C@H](C(=O)N(CCC(=O)O)C3CCOCC3)CC2=O)c1C. The summed E-state index contributed by atoms with van der Waals surface area (Å²) in [5, 5.41) is 9.07. The van der Waals surface area contributed by atoms with Gasteiger partial charge in [0.05, 0.1) is 12.3 Å². The number of aryl methyl sites for hydroxylation is 1. The van der Waals surface area contributed by atoms with Gasteiger partial charge in [-0.15, -0.1) is 0 Å². The molecule has 0 aliphatic carbocycles. The number of hydrogen-bond acceptors (Lipinski definition) is 4. The van der Waals surface area contributed by atoms with Gasteiger partial charge in [-0.05, 0) is 43.9 Å². The summed E-state index contributed by atoms with van der Waals surface area (Å²) in [7, 11) is 0. The number of carboxylic acid groups (broad SMARTS) is 1. The van der Waals surface area contributed by atoms with Crippen LogP contribution in [0.5, 0.6) is 0 Å². The van der Waals surface area contributed by atoms with Crippen molar-refractivity contribution < 1.29 is 24.2 Å². The van der Waals surface area contributed by atoms with E-state index in [0.29, 0.717) is 32.6 Å². The van der Waals surface area contributed by atoms with Crippen molar-refractivity contribution in [2.24, 2.45) is 5.92 Å². The van der Waals surface area contributed by atoms with Crippen LogP contribution in [0.2, 0.25) is 0 Å². The molecule has 2 amide bonds. The van der Waals surface area contributed by atoms with Gasteiger partial charge in [-0.1, -0.05) is 12.1 Å². The summed E-state index contributed by atoms with van der Waals surface area (Å²) in [6.45, 7) is 5.64. The number of benzene rings is 1. The Bertz CT molecular complexity index is 757. The predicted octanol–water partition coefficient (Wildman–Crippen LogP) is 2.14. The first kappa shape index (κ1) is 20.3. The molecule has 0 radical (unpaired) electrons. The summed E-state index contributed by atoms with van der Waals surface area (Å²) in [5.41, 5.74) is 2.99. The van der Waals surface area contributed by atoms with Crippen LogP contribution in [0.15, 0.2) is 18.2 Å². The van der Waals surface area contributed by atoms with Gasteiger partial charge in [0.2, 0.25) is 11.8 Å². The van der Waals surface area contributed by atoms with Gasteiger partial charge in [0.25, 0.3) is 0 Å². The maximum Gasteiger partial charge on any atom is 0.305 e. The number of carboxylic acids is 1. The number of carbonyl (C=O) groups excluding carboxylic acids is 2. The molecule has 0 aromatic heterocycles. The normalized spacial score (nSPS) is 20.4. The zero-order chi connectivity index (χ0) is 20.3. The first-order chi connectivity index (χ1) is 13.4. The van der Waals surface area contributed by atoms with Crippen LogP contribution in [0.3, 0.4) is 0 Å². The van der Waals surface area contributed by atoms with Crippen molar-refractivity contribution in [3.05, 3.63) is 29.3 Å². The highest BCUT2D eigenvalue weighted by molar-refractivity contribution is 6.01. The van der Waals surface area contributed by atoms with Crippen LogP contribution >= 0.6 is 0 Å². The molecule has 0 saturated carbocycles. The lowest BCUT2D eigenvalue weighted by Crippen LogP contribution is -2.47. The fourth-order valence-corrected chi connectivity index (χ4v) is 4.05. The smallest absolute Gasteiger partial charge is 0.305 e. The molecular weight excluding hydrogens is 360 g/mol. The minimum atomic E-state index is -0.927. The first-order valence-electron chi connectivity index (χ1n) is 9.85. The van der Waals surface area contributed by atoms with Crippen molar-refractivity contribution in [2.75, 3.05) is 31.2 Å². The molecule has 2 aliphatic heterocycles. The van der Waals surface area contributed by atoms with Crippen LogP contribution in [0.1, 0.15) is 36.8 Å². The Morgan fingerprint density at radius 2 is 1.96 bits per heavy atom. The Hall–Kier alpha value is -2.41. The first-order valence-corrected chi connectivity index (χ1v) is 9.85. The molecule has 1 aromatic carbocycles. The quantitative estimate of drug-likeness (QED) is 0.807. The Kier molecular flexibility index (Phi) is 6.34. The molecule has 7 nitrogen and oxygen atoms in total. The molecule has 3 rings (SSSR count). The number of aliphatic carboxylic acids is 1. The second kappa shape index (κ2) is 8.73. The van der Waals surface area contributed by atoms with E-state index in [1.54, 1.807) is 9.80 Å². The van der Waals surface area contributed by atoms with Crippen LogP contribution in [-0.4, -0.2) is 60.1 Å². The fraction of sp³-hybridized carbons (Fsp3) is 0.571. The maximum atomic E-state index is 13.2. The summed E-state index contributed by atoms with van der Waals surface area (Å²) in [4.78, 5) is 40.3. The molecule has 2 heterocycles. The van der Waals surface area contributed by atoms with Crippen molar-refractivity contribution in [2.45, 2.75) is 45.6 Å². The van der Waals surface area contributed by atoms with Gasteiger partial charge in [0.1, 0.15) is 0 Å². The van der Waals surface area contributed by atoms with E-state index in [4.69, 9.17) is 9.84 Å². The molecule has 7 heteroatoms. The van der Waals surface area contributed by atoms with Crippen molar-refractivity contribution in [3.63, 3.8) is 0 Å². The van der Waals surface area contributed by atoms with Crippen molar-refractivity contribution in [1.29, 1.82) is 0 Å². The third-order valence-electron chi connectivity index (χ3n) is 5.82. The highest BCUT2D eigenvalue weighted by Gasteiger charge is 2.39. The predicted molar refractivity (Wildman–Crippen MR) is 104 cm³/mol. The molecule has 0 bridgehead atoms. The van der Waals surface area contributed by atoms with Gasteiger partial charge in [-0.25, -0.2) is 0 Å². The van der Waals surface area contributed by atoms with Crippen molar-refractivity contribution in [3.8, 4) is 0 Å². The topological polar surface area (TPSA) is 87.2 Å². The van der Waals surface area contributed by atoms with E-state index in [2.05, 4.69) is 0 Å². The number of nitrogens with zero attached hydrogens (tertiary/aromatic N) is 2. The van der Waals surface area contributed by atoms with E-state index in [1.165, 1.54) is 0 Å². The number of hydrogen-bond donors (Lipinski definition) is 1. The minimum absolute atomic E-state index is 0.0227. The fourth-order valence-electron chi connectivity index (χ4n) is 4.05. The van der Waals surface area contributed by atoms with E-state index in [0.717, 1.165) is 16.8 Å². The van der Waals surface area contributed by atoms with Crippen LogP contribution in [0, 0.1) is 19.8 Å². The zero-order valence-electron chi connectivity index (χ0n) is 16.5. The summed E-state index contributed by atoms with van der Waals surface area (Å²) in [6, 6.07) is 5.81. The molecule has 2 fully saturated rings. The number of rotatable bonds is 6. The van der Waals surface area contributed by atoms with Crippen LogP contribution in [-0.2, 0) is 19.1 Å². The minimum Gasteiger partial charge on any atom is -0.481 e. The lowest BCUT2D eigenvalue weighted by Gasteiger charge is -2.35. The Labute approximate surface area is 165 Å². The Balaban J connectivity index is 1.76. The molecule has 152 valence electrons. The van der Waals surface area contributed by atoms with Crippen molar-refractivity contribution >= 4 is 23.5 Å². The van der Waals surface area contributed by atoms with Gasteiger partial charge in [0, 0.05) is 44.5 Å². The second-order valence-corrected chi connectivity index (χ2v) is 7.64. The van der Waals surface area contributed by atoms with E-state index in [9.17, 15) is 14.4 Å². The largest absolute Gasteiger partial charge is 0.481 e. The van der Waals surface area contributed by atoms with Crippen LogP contribution < -0.4 is 4.90 Å². The van der Waals surface area contributed by atoms with Gasteiger partial charge in [0.15, 0.2) is 0 Å². The van der Waals surface area contributed by atoms with Crippen LogP contribution in [0.4, 0.5) is 5.69 Å². The summed E-state index contributed by atoms with van der Waals surface area (Å²) >= 11 is 0. The molecule has 1 aromatic rings. The average Bonchev–Trinajstić information content (AvgIpc) is 3.06. The molecule has 0 spiro atoms. The molecular formula is C21H28N2O5. The number of anilines is 1. The van der Waals surface area contributed by atoms with E-state index in [-0.39, 0.29) is 37.2 Å². The highest BCUT2D eigenvalue weighted by atomic mass is 16.5. The molecule has 1 N–H and O–H groups in total. The molecule has 2 aliphatic rings. The monoisotopic (exact) mass is 388 g/mol. The van der Waals surface area contributed by atoms with Crippen LogP contribution in [0.25, 0.3) is 0 Å². The molecule has 0 unspecified atom stereocenters. The maximum absolute atomic E-state index is 13.2. The van der Waals surface area contributed by atoms with E-state index >= 15 is 0 Å². The third-order valence-corrected chi connectivity index (χ3v) is 5.82. The molecule has 2 saturated heterocycles. The van der Waals surface area contributed by atoms with Gasteiger partial charge in [-0.2, -0.15) is 0 Å². The van der Waals surface area contributed by atoms with E-state index in [1.807, 2.05) is 32.0 Å². The summed E-state index contributed by atoms with van der Waals surface area (Å²) < 4.78 is 5.38. The van der Waals surface area contributed by atoms with Crippen molar-refractivity contribution in [1.82, 2.24) is 4.90 Å². The zero-order valence-corrected chi connectivity index (χ0v) is 16.5. The lowest BCUT2D eigenvalue weighted by molar-refractivity contribution is -0.142. The second-order valence-electron chi connectivity index (χ2n) is 7.64. The number of carbonyl (C=O) groups is 3. The molecule has 28 heavy (non-hydrogen) atoms. The standard InChI is InChI=1S/C21H28N2O5/c1-14-4-3-5-18(15(14)2)23-13-16(12-19(23)24)21(27)22(9-6-20(25)26)17-7-10-28-11-8-17/h3-5,16-17H,6-13H2,1-2H3,(H,25,26)/t16-/m1/s1. The average molecular weight is 388 g/mol. The van der Waals surface area contributed by atoms with Gasteiger partial charge in [-0.3, -0.25) is 14.4 Å². The summed E-state index contributed by atoms with van der Waals surface area (Å²) in [5.74, 6) is -1.54. The van der Waals surface area contributed by atoms with Gasteiger partial charge < -0.3 is 19.6 Å². The number of ether oxygens (including phenoxy) is 1. The lowest BCUT2D eigenvalue weighted by atomic mass is 10.0. The Morgan fingerprint density at radius 3 is 2.64 bits per heavy atom. The molecule has 1 atom stereocenters. The highest BCUT2D eigenvalue weighted by Crippen LogP contribution is 2.31. The summed E-state index contributed by atoms with van der Waals surface area (Å²) in [6.07, 6.45) is 1.48. The van der Waals surface area contributed by atoms with Gasteiger partial charge >= 0.3 is 5.97 Å². The Morgan fingerprint density at radius 1 is 1.25 bits per heavy atom. The third kappa shape index (κ3) is 4.35.